The summed E-state index contributed by atoms with van der Waals surface area (Å²) in [6.45, 7) is 6.84. The molecular formula is C21H20BrCl2NO4. The van der Waals surface area contributed by atoms with Gasteiger partial charge in [0.2, 0.25) is 0 Å². The van der Waals surface area contributed by atoms with Crippen LogP contribution in [-0.4, -0.2) is 18.2 Å². The highest BCUT2D eigenvalue weighted by Gasteiger charge is 2.21. The molecule has 0 saturated carbocycles. The number of rotatable bonds is 6. The molecular weight excluding hydrogens is 481 g/mol. The standard InChI is InChI=1S/C21H20BrCl2NO4/c1-11(2)20(26)28-17-9-14(22)8-13(19(17)29-21(27)12(3)4)10-25-16-7-5-6-15(23)18(16)24/h5-12H,1-4H3. The number of carbonyl (C=O) groups is 2. The highest BCUT2D eigenvalue weighted by Crippen LogP contribution is 2.37. The fourth-order valence-electron chi connectivity index (χ4n) is 2.05. The van der Waals surface area contributed by atoms with Crippen LogP contribution >= 0.6 is 39.1 Å². The minimum Gasteiger partial charge on any atom is -0.422 e. The highest BCUT2D eigenvalue weighted by atomic mass is 79.9. The van der Waals surface area contributed by atoms with Crippen LogP contribution in [0.2, 0.25) is 10.0 Å². The maximum atomic E-state index is 12.2. The van der Waals surface area contributed by atoms with Crippen LogP contribution < -0.4 is 9.47 Å². The maximum Gasteiger partial charge on any atom is 0.313 e. The average Bonchev–Trinajstić information content (AvgIpc) is 2.64. The molecule has 0 aliphatic carbocycles. The Morgan fingerprint density at radius 1 is 1.03 bits per heavy atom. The SMILES string of the molecule is CC(C)C(=O)Oc1cc(Br)cc(C=Nc2cccc(Cl)c2Cl)c1OC(=O)C(C)C. The molecule has 0 aliphatic heterocycles. The molecule has 2 aromatic carbocycles. The Bertz CT molecular complexity index is 958. The van der Waals surface area contributed by atoms with Crippen LogP contribution in [0.3, 0.4) is 0 Å². The molecule has 8 heteroatoms. The molecule has 0 amide bonds. The van der Waals surface area contributed by atoms with Crippen molar-refractivity contribution in [3.63, 3.8) is 0 Å². The van der Waals surface area contributed by atoms with E-state index in [-0.39, 0.29) is 23.3 Å². The normalized spacial score (nSPS) is 11.3. The van der Waals surface area contributed by atoms with E-state index in [0.29, 0.717) is 25.8 Å². The Labute approximate surface area is 188 Å². The third-order valence-corrected chi connectivity index (χ3v) is 4.95. The summed E-state index contributed by atoms with van der Waals surface area (Å²) in [7, 11) is 0. The van der Waals surface area contributed by atoms with E-state index < -0.39 is 11.9 Å². The third-order valence-electron chi connectivity index (χ3n) is 3.68. The molecule has 0 heterocycles. The fourth-order valence-corrected chi connectivity index (χ4v) is 2.84. The number of benzene rings is 2. The first-order valence-electron chi connectivity index (χ1n) is 8.85. The first-order chi connectivity index (χ1) is 13.6. The van der Waals surface area contributed by atoms with Gasteiger partial charge in [-0.05, 0) is 24.3 Å². The van der Waals surface area contributed by atoms with Gasteiger partial charge in [-0.1, -0.05) is 72.9 Å². The first-order valence-corrected chi connectivity index (χ1v) is 10.4. The van der Waals surface area contributed by atoms with E-state index in [0.717, 1.165) is 0 Å². The molecule has 154 valence electrons. The molecule has 0 N–H and O–H groups in total. The first kappa shape index (κ1) is 23.4. The van der Waals surface area contributed by atoms with Gasteiger partial charge in [0.1, 0.15) is 0 Å². The summed E-state index contributed by atoms with van der Waals surface area (Å²) < 4.78 is 11.6. The molecule has 0 saturated heterocycles. The minimum absolute atomic E-state index is 0.0998. The Morgan fingerprint density at radius 3 is 2.28 bits per heavy atom. The second kappa shape index (κ2) is 10.2. The quantitative estimate of drug-likeness (QED) is 0.253. The van der Waals surface area contributed by atoms with Crippen LogP contribution in [0, 0.1) is 11.8 Å². The van der Waals surface area contributed by atoms with Gasteiger partial charge in [0.15, 0.2) is 11.5 Å². The molecule has 29 heavy (non-hydrogen) atoms. The summed E-state index contributed by atoms with van der Waals surface area (Å²) >= 11 is 15.6. The molecule has 0 aromatic heterocycles. The zero-order chi connectivity index (χ0) is 21.7. The van der Waals surface area contributed by atoms with Gasteiger partial charge in [-0.3, -0.25) is 14.6 Å². The lowest BCUT2D eigenvalue weighted by Crippen LogP contribution is -2.19. The van der Waals surface area contributed by atoms with E-state index >= 15 is 0 Å². The fraction of sp³-hybridized carbons (Fsp3) is 0.286. The van der Waals surface area contributed by atoms with Crippen LogP contribution in [-0.2, 0) is 9.59 Å². The molecule has 0 aliphatic rings. The van der Waals surface area contributed by atoms with Gasteiger partial charge in [0.25, 0.3) is 0 Å². The van der Waals surface area contributed by atoms with E-state index in [1.165, 1.54) is 6.21 Å². The van der Waals surface area contributed by atoms with E-state index in [9.17, 15) is 9.59 Å². The van der Waals surface area contributed by atoms with Gasteiger partial charge >= 0.3 is 11.9 Å². The predicted octanol–water partition coefficient (Wildman–Crippen LogP) is 6.63. The Morgan fingerprint density at radius 2 is 1.66 bits per heavy atom. The molecule has 0 bridgehead atoms. The van der Waals surface area contributed by atoms with Crippen LogP contribution in [0.4, 0.5) is 5.69 Å². The number of nitrogens with zero attached hydrogens (tertiary/aromatic N) is 1. The molecule has 0 atom stereocenters. The van der Waals surface area contributed by atoms with Gasteiger partial charge < -0.3 is 9.47 Å². The number of esters is 2. The third kappa shape index (κ3) is 6.29. The number of halogens is 3. The van der Waals surface area contributed by atoms with Crippen molar-refractivity contribution < 1.29 is 19.1 Å². The number of hydrogen-bond acceptors (Lipinski definition) is 5. The molecule has 0 radical (unpaired) electrons. The number of hydrogen-bond donors (Lipinski definition) is 0. The van der Waals surface area contributed by atoms with Gasteiger partial charge in [-0.2, -0.15) is 0 Å². The van der Waals surface area contributed by atoms with E-state index in [1.54, 1.807) is 58.0 Å². The smallest absolute Gasteiger partial charge is 0.313 e. The zero-order valence-electron chi connectivity index (χ0n) is 16.3. The monoisotopic (exact) mass is 499 g/mol. The van der Waals surface area contributed by atoms with Gasteiger partial charge in [0.05, 0.1) is 27.6 Å². The molecule has 5 nitrogen and oxygen atoms in total. The number of carbonyl (C=O) groups excluding carboxylic acids is 2. The van der Waals surface area contributed by atoms with Gasteiger partial charge in [-0.25, -0.2) is 0 Å². The van der Waals surface area contributed by atoms with Gasteiger partial charge in [0, 0.05) is 16.3 Å². The predicted molar refractivity (Wildman–Crippen MR) is 119 cm³/mol. The Balaban J connectivity index is 2.55. The van der Waals surface area contributed by atoms with Crippen LogP contribution in [0.5, 0.6) is 11.5 Å². The lowest BCUT2D eigenvalue weighted by molar-refractivity contribution is -0.140. The summed E-state index contributed by atoms with van der Waals surface area (Å²) in [6, 6.07) is 8.32. The Kier molecular flexibility index (Phi) is 8.25. The van der Waals surface area contributed by atoms with Crippen molar-refractivity contribution in [1.29, 1.82) is 0 Å². The molecule has 0 spiro atoms. The lowest BCUT2D eigenvalue weighted by Gasteiger charge is -2.15. The number of ether oxygens (including phenoxy) is 2. The Hall–Kier alpha value is -1.89. The number of aliphatic imine (C=N–C) groups is 1. The van der Waals surface area contributed by atoms with Crippen molar-refractivity contribution in [2.24, 2.45) is 16.8 Å². The molecule has 0 fully saturated rings. The summed E-state index contributed by atoms with van der Waals surface area (Å²) in [5.41, 5.74) is 0.872. The second-order valence-electron chi connectivity index (χ2n) is 6.81. The van der Waals surface area contributed by atoms with Crippen LogP contribution in [0.25, 0.3) is 0 Å². The van der Waals surface area contributed by atoms with Crippen molar-refractivity contribution in [1.82, 2.24) is 0 Å². The molecule has 2 aromatic rings. The summed E-state index contributed by atoms with van der Waals surface area (Å²) in [4.78, 5) is 28.7. The van der Waals surface area contributed by atoms with Crippen molar-refractivity contribution in [3.05, 3.63) is 50.4 Å². The molecule has 2 rings (SSSR count). The average molecular weight is 501 g/mol. The zero-order valence-corrected chi connectivity index (χ0v) is 19.4. The van der Waals surface area contributed by atoms with E-state index in [2.05, 4.69) is 20.9 Å². The molecule has 0 unspecified atom stereocenters. The van der Waals surface area contributed by atoms with E-state index in [4.69, 9.17) is 32.7 Å². The maximum absolute atomic E-state index is 12.2. The van der Waals surface area contributed by atoms with Gasteiger partial charge in [-0.15, -0.1) is 0 Å². The van der Waals surface area contributed by atoms with Crippen LogP contribution in [0.15, 0.2) is 39.8 Å². The summed E-state index contributed by atoms with van der Waals surface area (Å²) in [5.74, 6) is -1.44. The minimum atomic E-state index is -0.468. The topological polar surface area (TPSA) is 65.0 Å². The summed E-state index contributed by atoms with van der Waals surface area (Å²) in [6.07, 6.45) is 1.47. The largest absolute Gasteiger partial charge is 0.422 e. The highest BCUT2D eigenvalue weighted by molar-refractivity contribution is 9.10. The van der Waals surface area contributed by atoms with Crippen molar-refractivity contribution >= 4 is 63.0 Å². The van der Waals surface area contributed by atoms with E-state index in [1.807, 2.05) is 0 Å². The lowest BCUT2D eigenvalue weighted by atomic mass is 10.1. The summed E-state index contributed by atoms with van der Waals surface area (Å²) in [5, 5.41) is 0.668. The van der Waals surface area contributed by atoms with Crippen LogP contribution in [0.1, 0.15) is 33.3 Å². The second-order valence-corrected chi connectivity index (χ2v) is 8.51. The van der Waals surface area contributed by atoms with Crippen molar-refractivity contribution in [2.45, 2.75) is 27.7 Å². The van der Waals surface area contributed by atoms with Crippen molar-refractivity contribution in [3.8, 4) is 11.5 Å². The van der Waals surface area contributed by atoms with Crippen molar-refractivity contribution in [2.75, 3.05) is 0 Å².